The van der Waals surface area contributed by atoms with Gasteiger partial charge in [0.25, 0.3) is 0 Å². The van der Waals surface area contributed by atoms with Crippen LogP contribution in [0.25, 0.3) is 0 Å². The average molecular weight is 233 g/mol. The van der Waals surface area contributed by atoms with E-state index < -0.39 is 11.7 Å². The third-order valence-corrected chi connectivity index (χ3v) is 4.67. The highest BCUT2D eigenvalue weighted by molar-refractivity contribution is 5.88. The summed E-state index contributed by atoms with van der Waals surface area (Å²) in [4.78, 5) is 13.8. The minimum absolute atomic E-state index is 0.146. The van der Waals surface area contributed by atoms with Crippen molar-refractivity contribution in [3.05, 3.63) is 23.8 Å². The maximum absolute atomic E-state index is 11.5. The molecule has 1 spiro atoms. The fourth-order valence-corrected chi connectivity index (χ4v) is 3.92. The fourth-order valence-electron chi connectivity index (χ4n) is 3.92. The molecule has 4 rings (SSSR count). The van der Waals surface area contributed by atoms with E-state index in [0.29, 0.717) is 12.5 Å². The normalized spacial score (nSPS) is 47.5. The monoisotopic (exact) mass is 233 g/mol. The molecule has 4 heteroatoms. The number of piperidine rings is 1. The minimum Gasteiger partial charge on any atom is -0.448 e. The Morgan fingerprint density at radius 2 is 2.41 bits per heavy atom. The van der Waals surface area contributed by atoms with Crippen molar-refractivity contribution in [3.63, 3.8) is 0 Å². The number of esters is 1. The Balaban J connectivity index is 1.84. The van der Waals surface area contributed by atoms with Crippen LogP contribution in [0, 0.1) is 0 Å². The summed E-state index contributed by atoms with van der Waals surface area (Å²) in [6.45, 7) is 1.04. The second kappa shape index (κ2) is 3.00. The van der Waals surface area contributed by atoms with Crippen molar-refractivity contribution in [1.82, 2.24) is 4.90 Å². The predicted octanol–water partition coefficient (Wildman–Crippen LogP) is 0.376. The van der Waals surface area contributed by atoms with E-state index in [1.165, 1.54) is 6.08 Å². The fraction of sp³-hybridized carbons (Fsp3) is 0.615. The molecule has 4 nitrogen and oxygen atoms in total. The van der Waals surface area contributed by atoms with Crippen molar-refractivity contribution in [2.24, 2.45) is 0 Å². The first-order chi connectivity index (χ1) is 8.21. The molecular formula is C13H15NO3. The quantitative estimate of drug-likeness (QED) is 0.614. The molecule has 0 saturated carbocycles. The Morgan fingerprint density at radius 1 is 1.53 bits per heavy atom. The lowest BCUT2D eigenvalue weighted by molar-refractivity contribution is -0.173. The predicted molar refractivity (Wildman–Crippen MR) is 60.2 cm³/mol. The van der Waals surface area contributed by atoms with Crippen LogP contribution in [0.3, 0.4) is 0 Å². The van der Waals surface area contributed by atoms with Gasteiger partial charge in [0.05, 0.1) is 0 Å². The van der Waals surface area contributed by atoms with E-state index in [1.54, 1.807) is 0 Å². The zero-order valence-electron chi connectivity index (χ0n) is 9.50. The number of hydrogen-bond donors (Lipinski definition) is 1. The second-order valence-electron chi connectivity index (χ2n) is 5.43. The van der Waals surface area contributed by atoms with Crippen molar-refractivity contribution in [2.75, 3.05) is 6.54 Å². The van der Waals surface area contributed by atoms with Gasteiger partial charge in [0, 0.05) is 30.2 Å². The molecule has 1 aliphatic carbocycles. The molecule has 0 aromatic carbocycles. The molecule has 0 aromatic heterocycles. The van der Waals surface area contributed by atoms with Gasteiger partial charge in [-0.3, -0.25) is 4.90 Å². The molecule has 2 bridgehead atoms. The molecule has 4 unspecified atom stereocenters. The minimum atomic E-state index is -0.748. The first-order valence-electron chi connectivity index (χ1n) is 6.28. The number of hydrogen-bond acceptors (Lipinski definition) is 4. The SMILES string of the molecule is O=C1C=C2C=CC3CC2(O1)C(O)C1CCCN31. The van der Waals surface area contributed by atoms with Gasteiger partial charge in [-0.25, -0.2) is 4.79 Å². The Kier molecular flexibility index (Phi) is 1.74. The molecule has 2 saturated heterocycles. The number of ether oxygens (including phenoxy) is 1. The molecule has 3 heterocycles. The lowest BCUT2D eigenvalue weighted by atomic mass is 9.72. The summed E-state index contributed by atoms with van der Waals surface area (Å²) in [6, 6.07) is 0.460. The highest BCUT2D eigenvalue weighted by atomic mass is 16.6. The van der Waals surface area contributed by atoms with E-state index in [4.69, 9.17) is 4.74 Å². The van der Waals surface area contributed by atoms with Gasteiger partial charge in [-0.05, 0) is 19.4 Å². The Morgan fingerprint density at radius 3 is 3.29 bits per heavy atom. The maximum atomic E-state index is 11.5. The highest BCUT2D eigenvalue weighted by Crippen LogP contribution is 2.48. The summed E-state index contributed by atoms with van der Waals surface area (Å²) in [6.07, 6.45) is 7.88. The van der Waals surface area contributed by atoms with Gasteiger partial charge in [0.1, 0.15) is 6.10 Å². The van der Waals surface area contributed by atoms with E-state index in [2.05, 4.69) is 11.0 Å². The van der Waals surface area contributed by atoms with Crippen molar-refractivity contribution >= 4 is 5.97 Å². The number of fused-ring (bicyclic) bond motifs is 3. The molecule has 4 atom stereocenters. The van der Waals surface area contributed by atoms with Crippen molar-refractivity contribution in [2.45, 2.75) is 43.1 Å². The zero-order valence-corrected chi connectivity index (χ0v) is 9.50. The lowest BCUT2D eigenvalue weighted by Gasteiger charge is -2.51. The molecule has 1 N–H and O–H groups in total. The number of aliphatic hydroxyl groups excluding tert-OH is 1. The standard InChI is InChI=1S/C13H15NO3/c15-11-6-8-3-4-9-7-13(8,17-11)12(16)10-2-1-5-14(9)10/h3-4,6,9-10,12,16H,1-2,5,7H2. The second-order valence-corrected chi connectivity index (χ2v) is 5.43. The highest BCUT2D eigenvalue weighted by Gasteiger charge is 2.59. The van der Waals surface area contributed by atoms with E-state index in [9.17, 15) is 9.90 Å². The van der Waals surface area contributed by atoms with Crippen LogP contribution in [-0.2, 0) is 9.53 Å². The molecule has 17 heavy (non-hydrogen) atoms. The number of carbonyl (C=O) groups excluding carboxylic acids is 1. The third-order valence-electron chi connectivity index (χ3n) is 4.67. The molecule has 4 aliphatic rings. The van der Waals surface area contributed by atoms with E-state index in [1.807, 2.05) is 6.08 Å². The smallest absolute Gasteiger partial charge is 0.332 e. The van der Waals surface area contributed by atoms with Crippen molar-refractivity contribution < 1.29 is 14.6 Å². The molecule has 2 fully saturated rings. The van der Waals surface area contributed by atoms with Gasteiger partial charge in [-0.1, -0.05) is 12.2 Å². The summed E-state index contributed by atoms with van der Waals surface area (Å²) in [5.74, 6) is -0.309. The van der Waals surface area contributed by atoms with Crippen LogP contribution < -0.4 is 0 Å². The molecule has 90 valence electrons. The summed E-state index contributed by atoms with van der Waals surface area (Å²) in [5, 5.41) is 10.6. The number of nitrogens with zero attached hydrogens (tertiary/aromatic N) is 1. The number of carbonyl (C=O) groups is 1. The van der Waals surface area contributed by atoms with E-state index in [0.717, 1.165) is 25.0 Å². The van der Waals surface area contributed by atoms with Crippen LogP contribution in [0.4, 0.5) is 0 Å². The van der Waals surface area contributed by atoms with E-state index in [-0.39, 0.29) is 12.0 Å². The van der Waals surface area contributed by atoms with Crippen molar-refractivity contribution in [3.8, 4) is 0 Å². The Labute approximate surface area is 99.5 Å². The maximum Gasteiger partial charge on any atom is 0.332 e. The Bertz CT molecular complexity index is 456. The summed E-state index contributed by atoms with van der Waals surface area (Å²) >= 11 is 0. The van der Waals surface area contributed by atoms with Crippen LogP contribution in [-0.4, -0.2) is 46.3 Å². The third kappa shape index (κ3) is 1.07. The molecule has 3 aliphatic heterocycles. The van der Waals surface area contributed by atoms with Gasteiger partial charge >= 0.3 is 5.97 Å². The van der Waals surface area contributed by atoms with Crippen LogP contribution in [0.15, 0.2) is 23.8 Å². The van der Waals surface area contributed by atoms with E-state index >= 15 is 0 Å². The largest absolute Gasteiger partial charge is 0.448 e. The first kappa shape index (κ1) is 9.85. The van der Waals surface area contributed by atoms with Gasteiger partial charge < -0.3 is 9.84 Å². The van der Waals surface area contributed by atoms with Crippen LogP contribution in [0.1, 0.15) is 19.3 Å². The number of rotatable bonds is 0. The van der Waals surface area contributed by atoms with Gasteiger partial charge in [-0.15, -0.1) is 0 Å². The van der Waals surface area contributed by atoms with Crippen molar-refractivity contribution in [1.29, 1.82) is 0 Å². The van der Waals surface area contributed by atoms with Crippen LogP contribution in [0.2, 0.25) is 0 Å². The van der Waals surface area contributed by atoms with Gasteiger partial charge in [0.15, 0.2) is 5.60 Å². The summed E-state index contributed by atoms with van der Waals surface area (Å²) in [7, 11) is 0. The molecular weight excluding hydrogens is 218 g/mol. The lowest BCUT2D eigenvalue weighted by Crippen LogP contribution is -2.64. The first-order valence-corrected chi connectivity index (χ1v) is 6.28. The van der Waals surface area contributed by atoms with Crippen LogP contribution in [0.5, 0.6) is 0 Å². The van der Waals surface area contributed by atoms with Crippen LogP contribution >= 0.6 is 0 Å². The summed E-state index contributed by atoms with van der Waals surface area (Å²) < 4.78 is 5.48. The molecule has 0 amide bonds. The number of aliphatic hydroxyl groups is 1. The summed E-state index contributed by atoms with van der Waals surface area (Å²) in [5.41, 5.74) is 0.111. The Hall–Kier alpha value is -1.13. The average Bonchev–Trinajstić information content (AvgIpc) is 2.88. The topological polar surface area (TPSA) is 49.8 Å². The van der Waals surface area contributed by atoms with Gasteiger partial charge in [0.2, 0.25) is 0 Å². The molecule has 0 radical (unpaired) electrons. The molecule has 0 aromatic rings. The zero-order chi connectivity index (χ0) is 11.6. The van der Waals surface area contributed by atoms with Gasteiger partial charge in [-0.2, -0.15) is 0 Å².